The van der Waals surface area contributed by atoms with Crippen LogP contribution in [0.4, 0.5) is 11.4 Å². The van der Waals surface area contributed by atoms with Gasteiger partial charge >= 0.3 is 0 Å². The zero-order valence-electron chi connectivity index (χ0n) is 16.2. The molecule has 0 spiro atoms. The molecule has 2 N–H and O–H groups in total. The van der Waals surface area contributed by atoms with Crippen molar-refractivity contribution in [1.29, 1.82) is 0 Å². The second-order valence-electron chi connectivity index (χ2n) is 7.20. The molecular formula is C22H31N3S. The Morgan fingerprint density at radius 3 is 2.69 bits per heavy atom. The van der Waals surface area contributed by atoms with Crippen molar-refractivity contribution in [3.05, 3.63) is 53.6 Å². The van der Waals surface area contributed by atoms with E-state index in [1.165, 1.54) is 34.6 Å². The summed E-state index contributed by atoms with van der Waals surface area (Å²) in [5.74, 6) is 0. The van der Waals surface area contributed by atoms with Crippen LogP contribution in [0, 0.1) is 0 Å². The minimum atomic E-state index is 0.556. The van der Waals surface area contributed by atoms with Crippen LogP contribution in [0.25, 0.3) is 0 Å². The lowest BCUT2D eigenvalue weighted by Gasteiger charge is -2.31. The Hall–Kier alpha value is -1.65. The number of benzene rings is 2. The molecule has 0 atom stereocenters. The van der Waals surface area contributed by atoms with E-state index in [-0.39, 0.29) is 0 Å². The monoisotopic (exact) mass is 369 g/mol. The van der Waals surface area contributed by atoms with E-state index in [2.05, 4.69) is 60.4 Å². The quantitative estimate of drug-likeness (QED) is 0.527. The Kier molecular flexibility index (Phi) is 6.49. The molecule has 140 valence electrons. The first-order valence-electron chi connectivity index (χ1n) is 9.73. The molecule has 0 fully saturated rings. The third kappa shape index (κ3) is 4.54. The van der Waals surface area contributed by atoms with Crippen LogP contribution in [0.3, 0.4) is 0 Å². The highest BCUT2D eigenvalue weighted by Gasteiger charge is 2.19. The van der Waals surface area contributed by atoms with Gasteiger partial charge in [0.15, 0.2) is 0 Å². The van der Waals surface area contributed by atoms with Crippen LogP contribution in [0.5, 0.6) is 0 Å². The highest BCUT2D eigenvalue weighted by molar-refractivity contribution is 7.97. The second-order valence-corrected chi connectivity index (χ2v) is 8.32. The van der Waals surface area contributed by atoms with E-state index in [9.17, 15) is 0 Å². The molecule has 0 unspecified atom stereocenters. The molecule has 2 aromatic carbocycles. The van der Waals surface area contributed by atoms with Gasteiger partial charge in [0.25, 0.3) is 0 Å². The zero-order chi connectivity index (χ0) is 18.5. The molecule has 0 aliphatic carbocycles. The summed E-state index contributed by atoms with van der Waals surface area (Å²) in [6.45, 7) is 6.69. The summed E-state index contributed by atoms with van der Waals surface area (Å²) >= 11 is 1.84. The first kappa shape index (κ1) is 19.1. The first-order valence-corrected chi connectivity index (χ1v) is 10.5. The summed E-state index contributed by atoms with van der Waals surface area (Å²) in [6, 6.07) is 15.8. The highest BCUT2D eigenvalue weighted by Crippen LogP contribution is 2.32. The Bertz CT molecular complexity index is 727. The largest absolute Gasteiger partial charge is 0.399 e. The molecule has 3 rings (SSSR count). The van der Waals surface area contributed by atoms with Crippen molar-refractivity contribution in [3.8, 4) is 0 Å². The Morgan fingerprint density at radius 1 is 1.15 bits per heavy atom. The Labute approximate surface area is 162 Å². The summed E-state index contributed by atoms with van der Waals surface area (Å²) in [7, 11) is 2.20. The van der Waals surface area contributed by atoms with Gasteiger partial charge in [-0.05, 0) is 73.0 Å². The fourth-order valence-corrected chi connectivity index (χ4v) is 5.02. The summed E-state index contributed by atoms with van der Waals surface area (Å²) in [4.78, 5) is 3.59. The summed E-state index contributed by atoms with van der Waals surface area (Å²) < 4.78 is 2.53. The first-order chi connectivity index (χ1) is 12.6. The Morgan fingerprint density at radius 2 is 1.96 bits per heavy atom. The fourth-order valence-electron chi connectivity index (χ4n) is 3.76. The number of fused-ring (bicyclic) bond motifs is 1. The van der Waals surface area contributed by atoms with Gasteiger partial charge in [0, 0.05) is 42.4 Å². The second kappa shape index (κ2) is 8.83. The van der Waals surface area contributed by atoms with E-state index in [0.29, 0.717) is 6.04 Å². The smallest absolute Gasteiger partial charge is 0.0396 e. The molecule has 0 aromatic heterocycles. The predicted molar refractivity (Wildman–Crippen MR) is 115 cm³/mol. The van der Waals surface area contributed by atoms with Crippen LogP contribution in [-0.2, 0) is 13.0 Å². The number of hydrogen-bond donors (Lipinski definition) is 1. The van der Waals surface area contributed by atoms with Gasteiger partial charge in [0.1, 0.15) is 0 Å². The van der Waals surface area contributed by atoms with Crippen molar-refractivity contribution in [2.75, 3.05) is 24.2 Å². The lowest BCUT2D eigenvalue weighted by atomic mass is 9.99. The van der Waals surface area contributed by atoms with E-state index in [1.807, 2.05) is 24.1 Å². The zero-order valence-corrected chi connectivity index (χ0v) is 17.1. The van der Waals surface area contributed by atoms with Crippen molar-refractivity contribution in [3.63, 3.8) is 0 Å². The third-order valence-corrected chi connectivity index (χ3v) is 6.39. The molecule has 2 aromatic rings. The number of anilines is 2. The molecule has 26 heavy (non-hydrogen) atoms. The van der Waals surface area contributed by atoms with Gasteiger partial charge in [-0.2, -0.15) is 0 Å². The molecular weight excluding hydrogens is 338 g/mol. The average Bonchev–Trinajstić information content (AvgIpc) is 2.63. The van der Waals surface area contributed by atoms with Gasteiger partial charge in [-0.3, -0.25) is 0 Å². The van der Waals surface area contributed by atoms with Crippen molar-refractivity contribution in [2.45, 2.75) is 57.0 Å². The van der Waals surface area contributed by atoms with Gasteiger partial charge in [-0.15, -0.1) is 0 Å². The van der Waals surface area contributed by atoms with E-state index in [1.54, 1.807) is 0 Å². The fraction of sp³-hybridized carbons (Fsp3) is 0.455. The van der Waals surface area contributed by atoms with E-state index >= 15 is 0 Å². The molecule has 1 heterocycles. The number of hydrogen-bond acceptors (Lipinski definition) is 4. The SMILES string of the molecule is CCC(CC)N(Cc1ccc2c(c1)CCCN2C)Sc1cccc(N)c1. The van der Waals surface area contributed by atoms with Crippen LogP contribution < -0.4 is 10.6 Å². The van der Waals surface area contributed by atoms with E-state index in [4.69, 9.17) is 5.73 Å². The molecule has 3 nitrogen and oxygen atoms in total. The number of nitrogens with zero attached hydrogens (tertiary/aromatic N) is 2. The van der Waals surface area contributed by atoms with Crippen molar-refractivity contribution < 1.29 is 0 Å². The maximum atomic E-state index is 5.98. The molecule has 0 radical (unpaired) electrons. The predicted octanol–water partition coefficient (Wildman–Crippen LogP) is 5.35. The summed E-state index contributed by atoms with van der Waals surface area (Å²) in [6.07, 6.45) is 4.75. The van der Waals surface area contributed by atoms with Gasteiger partial charge in [0.2, 0.25) is 0 Å². The Balaban J connectivity index is 1.81. The third-order valence-electron chi connectivity index (χ3n) is 5.26. The van der Waals surface area contributed by atoms with Crippen LogP contribution in [0.2, 0.25) is 0 Å². The van der Waals surface area contributed by atoms with Crippen LogP contribution in [-0.4, -0.2) is 23.9 Å². The van der Waals surface area contributed by atoms with Crippen LogP contribution in [0.15, 0.2) is 47.4 Å². The van der Waals surface area contributed by atoms with Gasteiger partial charge in [-0.1, -0.05) is 32.0 Å². The summed E-state index contributed by atoms with van der Waals surface area (Å²) in [5, 5.41) is 0. The molecule has 0 saturated carbocycles. The molecule has 0 saturated heterocycles. The van der Waals surface area contributed by atoms with Gasteiger partial charge in [-0.25, -0.2) is 4.31 Å². The molecule has 0 amide bonds. The van der Waals surface area contributed by atoms with Gasteiger partial charge < -0.3 is 10.6 Å². The van der Waals surface area contributed by atoms with E-state index < -0.39 is 0 Å². The van der Waals surface area contributed by atoms with Crippen molar-refractivity contribution >= 4 is 23.3 Å². The number of aryl methyl sites for hydroxylation is 1. The number of rotatable bonds is 7. The molecule has 0 bridgehead atoms. The number of nitrogens with two attached hydrogens (primary N) is 1. The van der Waals surface area contributed by atoms with Crippen LogP contribution in [0.1, 0.15) is 44.2 Å². The normalized spacial score (nSPS) is 14.1. The average molecular weight is 370 g/mol. The minimum absolute atomic E-state index is 0.556. The minimum Gasteiger partial charge on any atom is -0.399 e. The van der Waals surface area contributed by atoms with Crippen LogP contribution >= 0.6 is 11.9 Å². The lowest BCUT2D eigenvalue weighted by Crippen LogP contribution is -2.28. The lowest BCUT2D eigenvalue weighted by molar-refractivity contribution is 0.327. The molecule has 1 aliphatic rings. The maximum absolute atomic E-state index is 5.98. The summed E-state index contributed by atoms with van der Waals surface area (Å²) in [5.41, 5.74) is 11.1. The van der Waals surface area contributed by atoms with Crippen molar-refractivity contribution in [1.82, 2.24) is 4.31 Å². The maximum Gasteiger partial charge on any atom is 0.0396 e. The topological polar surface area (TPSA) is 32.5 Å². The highest BCUT2D eigenvalue weighted by atomic mass is 32.2. The standard InChI is InChI=1S/C22H31N3S/c1-4-20(5-2)25(26-21-10-6-9-19(23)15-21)16-17-11-12-22-18(14-17)8-7-13-24(22)3/h6,9-12,14-15,20H,4-5,7-8,13,16,23H2,1-3H3. The molecule has 1 aliphatic heterocycles. The van der Waals surface area contributed by atoms with Crippen molar-refractivity contribution in [2.24, 2.45) is 0 Å². The number of nitrogen functional groups attached to an aromatic ring is 1. The van der Waals surface area contributed by atoms with E-state index in [0.717, 1.165) is 31.6 Å². The van der Waals surface area contributed by atoms with Gasteiger partial charge in [0.05, 0.1) is 0 Å². The molecule has 4 heteroatoms.